The summed E-state index contributed by atoms with van der Waals surface area (Å²) in [5, 5.41) is 0. The van der Waals surface area contributed by atoms with Gasteiger partial charge in [-0.25, -0.2) is 0 Å². The van der Waals surface area contributed by atoms with Gasteiger partial charge in [0.25, 0.3) is 10.1 Å². The topological polar surface area (TPSA) is 96.0 Å². The Morgan fingerprint density at radius 2 is 1.71 bits per heavy atom. The smallest absolute Gasteiger partial charge is 0.306 e. The van der Waals surface area contributed by atoms with Crippen LogP contribution in [0.15, 0.2) is 23.8 Å². The second kappa shape index (κ2) is 12.0. The fourth-order valence-corrected chi connectivity index (χ4v) is 2.93. The summed E-state index contributed by atoms with van der Waals surface area (Å²) in [7, 11) is -3.48. The van der Waals surface area contributed by atoms with E-state index in [0.717, 1.165) is 24.7 Å². The minimum atomic E-state index is -3.48. The minimum Gasteiger partial charge on any atom is -0.466 e. The molecular weight excluding hydrogens is 384 g/mol. The average molecular weight is 417 g/mol. The van der Waals surface area contributed by atoms with E-state index in [-0.39, 0.29) is 38.0 Å². The van der Waals surface area contributed by atoms with E-state index < -0.39 is 15.5 Å². The van der Waals surface area contributed by atoms with Gasteiger partial charge < -0.3 is 9.47 Å². The van der Waals surface area contributed by atoms with Gasteiger partial charge in [-0.05, 0) is 43.1 Å². The van der Waals surface area contributed by atoms with E-state index in [0.29, 0.717) is 25.9 Å². The van der Waals surface area contributed by atoms with E-state index in [2.05, 4.69) is 12.2 Å². The Balaban J connectivity index is 2.07. The third-order valence-corrected chi connectivity index (χ3v) is 4.74. The maximum Gasteiger partial charge on any atom is 0.306 e. The third kappa shape index (κ3) is 12.7. The molecule has 0 N–H and O–H groups in total. The Kier molecular flexibility index (Phi) is 10.5. The molecule has 28 heavy (non-hydrogen) atoms. The number of carbonyl (C=O) groups is 2. The van der Waals surface area contributed by atoms with Crippen molar-refractivity contribution < 1.29 is 31.7 Å². The molecule has 0 unspecified atom stereocenters. The lowest BCUT2D eigenvalue weighted by Crippen LogP contribution is -2.24. The van der Waals surface area contributed by atoms with E-state index in [9.17, 15) is 18.0 Å². The lowest BCUT2D eigenvalue weighted by molar-refractivity contribution is -0.146. The molecule has 1 aliphatic rings. The van der Waals surface area contributed by atoms with Gasteiger partial charge >= 0.3 is 11.9 Å². The van der Waals surface area contributed by atoms with Gasteiger partial charge in [-0.3, -0.25) is 13.8 Å². The van der Waals surface area contributed by atoms with Crippen LogP contribution in [0.5, 0.6) is 0 Å². The molecule has 0 saturated carbocycles. The van der Waals surface area contributed by atoms with Crippen LogP contribution in [0.4, 0.5) is 0 Å². The molecule has 0 radical (unpaired) electrons. The zero-order valence-electron chi connectivity index (χ0n) is 17.1. The Hall–Kier alpha value is -1.67. The van der Waals surface area contributed by atoms with E-state index in [1.165, 1.54) is 0 Å². The Morgan fingerprint density at radius 1 is 1.07 bits per heavy atom. The van der Waals surface area contributed by atoms with Gasteiger partial charge in [-0.2, -0.15) is 8.42 Å². The highest BCUT2D eigenvalue weighted by atomic mass is 32.2. The van der Waals surface area contributed by atoms with E-state index in [1.807, 2.05) is 19.9 Å². The summed E-state index contributed by atoms with van der Waals surface area (Å²) < 4.78 is 37.2. The van der Waals surface area contributed by atoms with E-state index in [1.54, 1.807) is 0 Å². The number of hydrogen-bond donors (Lipinski definition) is 0. The summed E-state index contributed by atoms with van der Waals surface area (Å²) in [4.78, 5) is 23.4. The Bertz CT molecular complexity index is 675. The predicted octanol–water partition coefficient (Wildman–Crippen LogP) is 3.30. The average Bonchev–Trinajstić information content (AvgIpc) is 2.62. The van der Waals surface area contributed by atoms with Gasteiger partial charge in [-0.15, -0.1) is 0 Å². The molecule has 0 aliphatic heterocycles. The van der Waals surface area contributed by atoms with Gasteiger partial charge in [0, 0.05) is 12.8 Å². The number of ether oxygens (including phenoxy) is 2. The van der Waals surface area contributed by atoms with Gasteiger partial charge in [0.2, 0.25) is 0 Å². The first kappa shape index (κ1) is 24.4. The molecule has 0 aromatic rings. The van der Waals surface area contributed by atoms with Gasteiger partial charge in [-0.1, -0.05) is 32.1 Å². The van der Waals surface area contributed by atoms with Crippen LogP contribution in [0.25, 0.3) is 0 Å². The molecule has 0 spiro atoms. The van der Waals surface area contributed by atoms with Crippen LogP contribution in [-0.4, -0.2) is 46.4 Å². The predicted molar refractivity (Wildman–Crippen MR) is 106 cm³/mol. The molecule has 0 aromatic carbocycles. The summed E-state index contributed by atoms with van der Waals surface area (Å²) in [6.07, 6.45) is 11.2. The zero-order valence-corrected chi connectivity index (χ0v) is 17.9. The summed E-state index contributed by atoms with van der Waals surface area (Å²) in [5.74, 6) is -0.591. The van der Waals surface area contributed by atoms with Crippen LogP contribution in [-0.2, 0) is 33.4 Å². The van der Waals surface area contributed by atoms with Crippen LogP contribution in [0.2, 0.25) is 0 Å². The maximum atomic E-state index is 11.7. The molecule has 0 atom stereocenters. The number of carbonyl (C=O) groups excluding carboxylic acids is 2. The molecule has 0 fully saturated rings. The van der Waals surface area contributed by atoms with Crippen molar-refractivity contribution in [2.45, 2.75) is 58.8 Å². The first-order valence-corrected chi connectivity index (χ1v) is 11.4. The molecule has 0 amide bonds. The highest BCUT2D eigenvalue weighted by Gasteiger charge is 2.21. The monoisotopic (exact) mass is 416 g/mol. The van der Waals surface area contributed by atoms with E-state index in [4.69, 9.17) is 13.7 Å². The second-order valence-corrected chi connectivity index (χ2v) is 9.37. The Morgan fingerprint density at radius 3 is 2.29 bits per heavy atom. The molecule has 160 valence electrons. The quantitative estimate of drug-likeness (QED) is 0.258. The lowest BCUT2D eigenvalue weighted by atomic mass is 9.91. The SMILES string of the molecule is CC(C)(CCOC(=O)CCCCC(=O)OCC1=CCCC=C1)COS(C)(=O)=O. The molecule has 0 aromatic heterocycles. The number of allylic oxidation sites excluding steroid dienone is 2. The molecule has 8 heteroatoms. The zero-order chi connectivity index (χ0) is 21.0. The van der Waals surface area contributed by atoms with Gasteiger partial charge in [0.1, 0.15) is 6.61 Å². The molecule has 0 saturated heterocycles. The van der Waals surface area contributed by atoms with Gasteiger partial charge in [0.15, 0.2) is 0 Å². The third-order valence-electron chi connectivity index (χ3n) is 4.19. The van der Waals surface area contributed by atoms with Crippen LogP contribution in [0, 0.1) is 5.41 Å². The second-order valence-electron chi connectivity index (χ2n) is 7.73. The van der Waals surface area contributed by atoms with Crippen LogP contribution in [0.3, 0.4) is 0 Å². The highest BCUT2D eigenvalue weighted by molar-refractivity contribution is 7.85. The number of esters is 2. The summed E-state index contributed by atoms with van der Waals surface area (Å²) in [5.41, 5.74) is 0.601. The van der Waals surface area contributed by atoms with Crippen molar-refractivity contribution in [3.05, 3.63) is 23.8 Å². The highest BCUT2D eigenvalue weighted by Crippen LogP contribution is 2.21. The maximum absolute atomic E-state index is 11.7. The fraction of sp³-hybridized carbons (Fsp3) is 0.700. The molecule has 1 rings (SSSR count). The van der Waals surface area contributed by atoms with Crippen molar-refractivity contribution in [2.24, 2.45) is 5.41 Å². The van der Waals surface area contributed by atoms with Crippen molar-refractivity contribution in [1.29, 1.82) is 0 Å². The van der Waals surface area contributed by atoms with Crippen molar-refractivity contribution in [3.63, 3.8) is 0 Å². The van der Waals surface area contributed by atoms with Crippen LogP contribution >= 0.6 is 0 Å². The summed E-state index contributed by atoms with van der Waals surface area (Å²) in [6, 6.07) is 0. The lowest BCUT2D eigenvalue weighted by Gasteiger charge is -2.23. The largest absolute Gasteiger partial charge is 0.466 e. The summed E-state index contributed by atoms with van der Waals surface area (Å²) in [6.45, 7) is 4.23. The van der Waals surface area contributed by atoms with Crippen molar-refractivity contribution >= 4 is 22.1 Å². The van der Waals surface area contributed by atoms with E-state index >= 15 is 0 Å². The van der Waals surface area contributed by atoms with Crippen molar-refractivity contribution in [1.82, 2.24) is 0 Å². The van der Waals surface area contributed by atoms with Crippen LogP contribution < -0.4 is 0 Å². The Labute approximate surface area is 168 Å². The van der Waals surface area contributed by atoms with Gasteiger partial charge in [0.05, 0.1) is 19.5 Å². The van der Waals surface area contributed by atoms with Crippen molar-refractivity contribution in [2.75, 3.05) is 26.1 Å². The molecule has 1 aliphatic carbocycles. The first-order valence-electron chi connectivity index (χ1n) is 9.59. The first-order chi connectivity index (χ1) is 13.1. The number of rotatable bonds is 13. The van der Waals surface area contributed by atoms with Crippen molar-refractivity contribution in [3.8, 4) is 0 Å². The minimum absolute atomic E-state index is 0.0399. The molecule has 0 bridgehead atoms. The summed E-state index contributed by atoms with van der Waals surface area (Å²) >= 11 is 0. The standard InChI is InChI=1S/C20H32O7S/c1-20(2,16-27-28(3,23)24)13-14-25-18(21)11-7-8-12-19(22)26-15-17-9-5-4-6-10-17/h5,9-10H,4,6-8,11-16H2,1-3H3. The normalized spacial score (nSPS) is 14.5. The fourth-order valence-electron chi connectivity index (χ4n) is 2.40. The van der Waals surface area contributed by atoms with Crippen LogP contribution in [0.1, 0.15) is 58.8 Å². The molecular formula is C20H32O7S. The number of hydrogen-bond acceptors (Lipinski definition) is 7. The molecule has 0 heterocycles. The number of unbranched alkanes of at least 4 members (excludes halogenated alkanes) is 1. The molecule has 7 nitrogen and oxygen atoms in total.